The quantitative estimate of drug-likeness (QED) is 0.473. The molecule has 0 spiro atoms. The summed E-state index contributed by atoms with van der Waals surface area (Å²) >= 11 is 5.87. The van der Waals surface area contributed by atoms with Crippen LogP contribution in [0.2, 0.25) is 5.02 Å². The van der Waals surface area contributed by atoms with Crippen LogP contribution in [0.1, 0.15) is 40.5 Å². The van der Waals surface area contributed by atoms with Crippen molar-refractivity contribution in [2.75, 3.05) is 13.2 Å². The zero-order chi connectivity index (χ0) is 22.5. The fourth-order valence-electron chi connectivity index (χ4n) is 2.93. The van der Waals surface area contributed by atoms with Gasteiger partial charge in [0, 0.05) is 23.7 Å². The number of esters is 1. The van der Waals surface area contributed by atoms with E-state index in [4.69, 9.17) is 21.1 Å². The van der Waals surface area contributed by atoms with E-state index in [-0.39, 0.29) is 11.5 Å². The fraction of sp³-hybridized carbons (Fsp3) is 0.500. The summed E-state index contributed by atoms with van der Waals surface area (Å²) in [7, 11) is -4.28. The van der Waals surface area contributed by atoms with E-state index in [1.807, 2.05) is 0 Å². The first-order valence-electron chi connectivity index (χ1n) is 9.61. The molecule has 0 saturated carbocycles. The number of amides is 1. The van der Waals surface area contributed by atoms with Crippen LogP contribution in [0.25, 0.3) is 0 Å². The zero-order valence-corrected chi connectivity index (χ0v) is 19.1. The molecule has 2 rings (SSSR count). The minimum atomic E-state index is -4.28. The van der Waals surface area contributed by atoms with Crippen molar-refractivity contribution in [3.05, 3.63) is 41.4 Å². The van der Waals surface area contributed by atoms with Gasteiger partial charge in [-0.05, 0) is 64.8 Å². The minimum absolute atomic E-state index is 0.0993. The maximum atomic E-state index is 13.4. The Kier molecular flexibility index (Phi) is 7.90. The molecule has 0 bridgehead atoms. The Morgan fingerprint density at radius 2 is 1.90 bits per heavy atom. The summed E-state index contributed by atoms with van der Waals surface area (Å²) in [6.45, 7) is 7.17. The highest BCUT2D eigenvalue weighted by Gasteiger charge is 2.42. The Labute approximate surface area is 182 Å². The fourth-order valence-corrected chi connectivity index (χ4v) is 4.44. The van der Waals surface area contributed by atoms with Crippen molar-refractivity contribution in [2.24, 2.45) is 0 Å². The first-order valence-corrected chi connectivity index (χ1v) is 11.4. The molecule has 1 aliphatic heterocycles. The summed E-state index contributed by atoms with van der Waals surface area (Å²) in [6, 6.07) is 5.03. The minimum Gasteiger partial charge on any atom is -0.463 e. The lowest BCUT2D eigenvalue weighted by molar-refractivity contribution is -0.137. The van der Waals surface area contributed by atoms with Gasteiger partial charge in [0.1, 0.15) is 5.60 Å². The number of hydrogen-bond donors (Lipinski definition) is 0. The van der Waals surface area contributed by atoms with E-state index in [0.717, 1.165) is 0 Å². The molecular weight excluding hydrogens is 432 g/mol. The van der Waals surface area contributed by atoms with E-state index >= 15 is 0 Å². The van der Waals surface area contributed by atoms with Gasteiger partial charge in [-0.1, -0.05) is 17.7 Å². The van der Waals surface area contributed by atoms with Gasteiger partial charge in [-0.15, -0.1) is 4.41 Å². The number of carbonyl (C=O) groups is 2. The molecule has 1 amide bonds. The standard InChI is InChI=1S/C20H27ClN2O6S/c1-5-28-18(24)13-10-16-7-6-14-22(16)23(19(25)29-20(2,3)4)30(26,27)17-11-8-15(21)9-12-17/h8-13,16H,5-7,14H2,1-4H3/t16-/m0/s1. The lowest BCUT2D eigenvalue weighted by Gasteiger charge is -2.35. The highest BCUT2D eigenvalue weighted by atomic mass is 35.5. The van der Waals surface area contributed by atoms with Crippen molar-refractivity contribution in [2.45, 2.75) is 57.1 Å². The number of sulfonamides is 1. The largest absolute Gasteiger partial charge is 0.463 e. The van der Waals surface area contributed by atoms with E-state index in [0.29, 0.717) is 28.8 Å². The molecule has 1 atom stereocenters. The average Bonchev–Trinajstić information content (AvgIpc) is 3.07. The van der Waals surface area contributed by atoms with Crippen molar-refractivity contribution in [3.63, 3.8) is 0 Å². The third-order valence-corrected chi connectivity index (χ3v) is 6.07. The topological polar surface area (TPSA) is 93.2 Å². The van der Waals surface area contributed by atoms with Crippen LogP contribution in [-0.4, -0.2) is 54.7 Å². The number of hydrogen-bond acceptors (Lipinski definition) is 7. The van der Waals surface area contributed by atoms with Crippen LogP contribution < -0.4 is 0 Å². The number of rotatable bonds is 6. The predicted molar refractivity (Wildman–Crippen MR) is 112 cm³/mol. The Morgan fingerprint density at radius 1 is 1.27 bits per heavy atom. The van der Waals surface area contributed by atoms with E-state index in [1.165, 1.54) is 35.4 Å². The molecule has 1 aromatic rings. The van der Waals surface area contributed by atoms with Gasteiger partial charge >= 0.3 is 12.1 Å². The smallest absolute Gasteiger partial charge is 0.439 e. The van der Waals surface area contributed by atoms with Crippen LogP contribution in [0.5, 0.6) is 0 Å². The van der Waals surface area contributed by atoms with Crippen molar-refractivity contribution in [1.29, 1.82) is 0 Å². The Morgan fingerprint density at radius 3 is 2.47 bits per heavy atom. The lowest BCUT2D eigenvalue weighted by Crippen LogP contribution is -2.53. The summed E-state index contributed by atoms with van der Waals surface area (Å²) in [6.07, 6.45) is 2.96. The van der Waals surface area contributed by atoms with Gasteiger partial charge in [-0.25, -0.2) is 9.59 Å². The zero-order valence-electron chi connectivity index (χ0n) is 17.5. The molecule has 0 aliphatic carbocycles. The Balaban J connectivity index is 2.43. The first-order chi connectivity index (χ1) is 14.0. The molecular formula is C20H27ClN2O6S. The van der Waals surface area contributed by atoms with Crippen LogP contribution >= 0.6 is 11.6 Å². The van der Waals surface area contributed by atoms with Crippen molar-refractivity contribution in [1.82, 2.24) is 9.42 Å². The van der Waals surface area contributed by atoms with E-state index in [9.17, 15) is 18.0 Å². The highest BCUT2D eigenvalue weighted by molar-refractivity contribution is 7.89. The molecule has 0 aromatic heterocycles. The normalized spacial score (nSPS) is 17.8. The number of ether oxygens (including phenoxy) is 2. The summed E-state index contributed by atoms with van der Waals surface area (Å²) in [4.78, 5) is 24.5. The molecule has 0 N–H and O–H groups in total. The van der Waals surface area contributed by atoms with Gasteiger partial charge in [0.2, 0.25) is 0 Å². The summed E-state index contributed by atoms with van der Waals surface area (Å²) < 4.78 is 37.6. The molecule has 1 heterocycles. The molecule has 0 unspecified atom stereocenters. The molecule has 166 valence electrons. The SMILES string of the molecule is CCOC(=O)C=C[C@@H]1CCCN1N(C(=O)OC(C)(C)C)S(=O)(=O)c1ccc(Cl)cc1. The van der Waals surface area contributed by atoms with E-state index in [2.05, 4.69) is 0 Å². The number of benzene rings is 1. The van der Waals surface area contributed by atoms with Gasteiger partial charge in [0.15, 0.2) is 0 Å². The van der Waals surface area contributed by atoms with Crippen LogP contribution in [-0.2, 0) is 24.3 Å². The first kappa shape index (κ1) is 24.2. The molecule has 30 heavy (non-hydrogen) atoms. The molecule has 0 radical (unpaired) electrons. The average molecular weight is 459 g/mol. The highest BCUT2D eigenvalue weighted by Crippen LogP contribution is 2.29. The van der Waals surface area contributed by atoms with Crippen LogP contribution in [0, 0.1) is 0 Å². The molecule has 1 aliphatic rings. The summed E-state index contributed by atoms with van der Waals surface area (Å²) in [5.74, 6) is -0.534. The monoisotopic (exact) mass is 458 g/mol. The van der Waals surface area contributed by atoms with Crippen LogP contribution in [0.4, 0.5) is 4.79 Å². The third-order valence-electron chi connectivity index (χ3n) is 4.13. The maximum absolute atomic E-state index is 13.4. The lowest BCUT2D eigenvalue weighted by atomic mass is 10.2. The van der Waals surface area contributed by atoms with Crippen LogP contribution in [0.3, 0.4) is 0 Å². The second-order valence-corrected chi connectivity index (χ2v) is 9.87. The second kappa shape index (κ2) is 9.80. The number of halogens is 1. The van der Waals surface area contributed by atoms with E-state index in [1.54, 1.807) is 33.8 Å². The van der Waals surface area contributed by atoms with Gasteiger partial charge in [0.25, 0.3) is 10.0 Å². The van der Waals surface area contributed by atoms with Gasteiger partial charge in [-0.3, -0.25) is 0 Å². The second-order valence-electron chi connectivity index (χ2n) is 7.67. The van der Waals surface area contributed by atoms with Crippen molar-refractivity contribution < 1.29 is 27.5 Å². The van der Waals surface area contributed by atoms with Crippen LogP contribution in [0.15, 0.2) is 41.3 Å². The Bertz CT molecular complexity index is 893. The van der Waals surface area contributed by atoms with Gasteiger partial charge in [0.05, 0.1) is 11.5 Å². The number of nitrogens with zero attached hydrogens (tertiary/aromatic N) is 2. The van der Waals surface area contributed by atoms with Gasteiger partial charge in [-0.2, -0.15) is 13.4 Å². The third kappa shape index (κ3) is 6.20. The summed E-state index contributed by atoms with van der Waals surface area (Å²) in [5.41, 5.74) is -0.902. The predicted octanol–water partition coefficient (Wildman–Crippen LogP) is 3.76. The van der Waals surface area contributed by atoms with E-state index < -0.39 is 33.7 Å². The molecule has 1 saturated heterocycles. The molecule has 8 nitrogen and oxygen atoms in total. The molecule has 1 fully saturated rings. The number of carbonyl (C=O) groups excluding carboxylic acids is 2. The summed E-state index contributed by atoms with van der Waals surface area (Å²) in [5, 5.41) is 1.77. The van der Waals surface area contributed by atoms with Gasteiger partial charge < -0.3 is 9.47 Å². The maximum Gasteiger partial charge on any atom is 0.439 e. The molecule has 1 aromatic carbocycles. The molecule has 10 heteroatoms. The number of hydrazine groups is 1. The Hall–Kier alpha value is -2.10. The van der Waals surface area contributed by atoms with Crippen molar-refractivity contribution >= 4 is 33.7 Å². The van der Waals surface area contributed by atoms with Crippen molar-refractivity contribution in [3.8, 4) is 0 Å².